The van der Waals surface area contributed by atoms with Gasteiger partial charge in [0.15, 0.2) is 0 Å². The molecule has 4 heteroatoms. The highest BCUT2D eigenvalue weighted by molar-refractivity contribution is 5.76. The Morgan fingerprint density at radius 1 is 0.463 bits per heavy atom. The van der Waals surface area contributed by atoms with Crippen molar-refractivity contribution in [2.75, 3.05) is 6.61 Å². The number of hydrogen-bond acceptors (Lipinski definition) is 3. The maximum absolute atomic E-state index is 12.4. The molecule has 0 aliphatic carbocycles. The number of hydrogen-bond donors (Lipinski definition) is 3. The molecule has 0 aromatic rings. The normalized spacial score (nSPS) is 14.1. The van der Waals surface area contributed by atoms with Crippen molar-refractivity contribution >= 4 is 5.91 Å². The molecule has 0 saturated carbocycles. The van der Waals surface area contributed by atoms with Gasteiger partial charge in [-0.05, 0) is 83.5 Å². The van der Waals surface area contributed by atoms with Crippen molar-refractivity contribution in [3.05, 3.63) is 109 Å². The van der Waals surface area contributed by atoms with Gasteiger partial charge in [0.05, 0.1) is 18.8 Å². The van der Waals surface area contributed by atoms with E-state index in [-0.39, 0.29) is 12.5 Å². The molecule has 0 rings (SSSR count). The van der Waals surface area contributed by atoms with E-state index in [1.165, 1.54) is 83.5 Å². The fourth-order valence-electron chi connectivity index (χ4n) is 5.89. The van der Waals surface area contributed by atoms with Crippen LogP contribution in [0.5, 0.6) is 0 Å². The van der Waals surface area contributed by atoms with Crippen LogP contribution in [-0.4, -0.2) is 34.9 Å². The predicted octanol–water partition coefficient (Wildman–Crippen LogP) is 14.0. The number of nitrogens with one attached hydrogen (secondary N) is 1. The third kappa shape index (κ3) is 40.2. The number of carbonyl (C=O) groups is 1. The Hall–Kier alpha value is -2.95. The quantitative estimate of drug-likeness (QED) is 0.0435. The van der Waals surface area contributed by atoms with Crippen LogP contribution in [0.1, 0.15) is 181 Å². The van der Waals surface area contributed by atoms with E-state index in [9.17, 15) is 15.0 Å². The zero-order valence-corrected chi connectivity index (χ0v) is 34.9. The third-order valence-electron chi connectivity index (χ3n) is 9.24. The molecule has 2 unspecified atom stereocenters. The second-order valence-electron chi connectivity index (χ2n) is 14.4. The van der Waals surface area contributed by atoms with Gasteiger partial charge in [0.1, 0.15) is 0 Å². The first kappa shape index (κ1) is 51.0. The van der Waals surface area contributed by atoms with E-state index in [2.05, 4.69) is 116 Å². The highest BCUT2D eigenvalue weighted by Crippen LogP contribution is 2.13. The second-order valence-corrected chi connectivity index (χ2v) is 14.4. The zero-order chi connectivity index (χ0) is 39.3. The van der Waals surface area contributed by atoms with Crippen LogP contribution in [0.15, 0.2) is 109 Å². The molecule has 0 spiro atoms. The lowest BCUT2D eigenvalue weighted by atomic mass is 10.0. The lowest BCUT2D eigenvalue weighted by Gasteiger charge is -2.19. The average Bonchev–Trinajstić information content (AvgIpc) is 3.18. The van der Waals surface area contributed by atoms with Gasteiger partial charge in [0.2, 0.25) is 5.91 Å². The van der Waals surface area contributed by atoms with Crippen molar-refractivity contribution in [2.24, 2.45) is 0 Å². The molecule has 0 aromatic carbocycles. The fourth-order valence-corrected chi connectivity index (χ4v) is 5.89. The van der Waals surface area contributed by atoms with Gasteiger partial charge in [-0.3, -0.25) is 4.79 Å². The van der Waals surface area contributed by atoms with Gasteiger partial charge >= 0.3 is 0 Å². The first-order valence-corrected chi connectivity index (χ1v) is 22.1. The molecule has 4 nitrogen and oxygen atoms in total. The van der Waals surface area contributed by atoms with Gasteiger partial charge in [0.25, 0.3) is 0 Å². The number of amides is 1. The molecule has 0 aromatic heterocycles. The Bertz CT molecular complexity index is 1070. The van der Waals surface area contributed by atoms with Gasteiger partial charge in [-0.1, -0.05) is 200 Å². The number of aliphatic hydroxyl groups is 2. The van der Waals surface area contributed by atoms with E-state index in [0.29, 0.717) is 6.42 Å². The lowest BCUT2D eigenvalue weighted by molar-refractivity contribution is -0.122. The molecule has 0 aliphatic rings. The standard InChI is InChI=1S/C50H83NO3/c1-3-5-7-9-11-13-15-17-19-21-23-24-25-26-28-30-32-34-36-38-40-42-44-46-50(54)51-48(47-52)49(53)45-43-41-39-37-35-33-31-29-27-22-20-18-16-14-12-10-8-6-4-2/h5,7,11,13,17,19,23-24,26,28,32,34-35,37-38,40,43,45,48-49,52-53H,3-4,6,8-10,12,14-16,18,20-22,25,27,29-31,33,36,39,41-42,44,46-47H2,1-2H3,(H,51,54)/b7-5-,13-11-,19-17-,24-23-,28-26-,34-32-,37-35+,40-38-,45-43+. The van der Waals surface area contributed by atoms with Crippen LogP contribution < -0.4 is 5.32 Å². The van der Waals surface area contributed by atoms with Crippen molar-refractivity contribution in [3.63, 3.8) is 0 Å². The topological polar surface area (TPSA) is 69.6 Å². The summed E-state index contributed by atoms with van der Waals surface area (Å²) in [4.78, 5) is 12.4. The molecular weight excluding hydrogens is 663 g/mol. The summed E-state index contributed by atoms with van der Waals surface area (Å²) in [6.45, 7) is 4.15. The largest absolute Gasteiger partial charge is 0.394 e. The maximum Gasteiger partial charge on any atom is 0.220 e. The van der Waals surface area contributed by atoms with Gasteiger partial charge in [-0.15, -0.1) is 0 Å². The Kier molecular flexibility index (Phi) is 42.0. The maximum atomic E-state index is 12.4. The summed E-state index contributed by atoms with van der Waals surface area (Å²) in [5.74, 6) is -0.136. The van der Waals surface area contributed by atoms with E-state index in [0.717, 1.165) is 77.0 Å². The number of rotatable bonds is 38. The molecule has 1 amide bonds. The van der Waals surface area contributed by atoms with Crippen molar-refractivity contribution in [3.8, 4) is 0 Å². The summed E-state index contributed by atoms with van der Waals surface area (Å²) < 4.78 is 0. The Balaban J connectivity index is 3.79. The minimum absolute atomic E-state index is 0.136. The molecular formula is C50H83NO3. The van der Waals surface area contributed by atoms with Crippen molar-refractivity contribution < 1.29 is 15.0 Å². The summed E-state index contributed by atoms with van der Waals surface area (Å²) in [5.41, 5.74) is 0. The average molecular weight is 746 g/mol. The van der Waals surface area contributed by atoms with Gasteiger partial charge in [-0.2, -0.15) is 0 Å². The van der Waals surface area contributed by atoms with Crippen molar-refractivity contribution in [1.29, 1.82) is 0 Å². The van der Waals surface area contributed by atoms with E-state index >= 15 is 0 Å². The first-order chi connectivity index (χ1) is 26.7. The van der Waals surface area contributed by atoms with Crippen LogP contribution in [0.25, 0.3) is 0 Å². The van der Waals surface area contributed by atoms with Gasteiger partial charge in [0, 0.05) is 6.42 Å². The summed E-state index contributed by atoms with van der Waals surface area (Å²) in [6, 6.07) is -0.677. The molecule has 0 saturated heterocycles. The molecule has 0 fully saturated rings. The summed E-state index contributed by atoms with van der Waals surface area (Å²) in [6.07, 6.45) is 67.7. The van der Waals surface area contributed by atoms with Crippen LogP contribution in [0, 0.1) is 0 Å². The Morgan fingerprint density at radius 3 is 1.30 bits per heavy atom. The zero-order valence-electron chi connectivity index (χ0n) is 34.9. The minimum atomic E-state index is -0.894. The molecule has 306 valence electrons. The van der Waals surface area contributed by atoms with Crippen molar-refractivity contribution in [2.45, 2.75) is 193 Å². The highest BCUT2D eigenvalue weighted by Gasteiger charge is 2.17. The lowest BCUT2D eigenvalue weighted by Crippen LogP contribution is -2.45. The first-order valence-electron chi connectivity index (χ1n) is 22.1. The fraction of sp³-hybridized carbons (Fsp3) is 0.620. The van der Waals surface area contributed by atoms with E-state index in [1.807, 2.05) is 6.08 Å². The molecule has 0 aliphatic heterocycles. The van der Waals surface area contributed by atoms with Gasteiger partial charge in [-0.25, -0.2) is 0 Å². The molecule has 0 bridgehead atoms. The Labute approximate surface area is 334 Å². The SMILES string of the molecule is CC/C=C\C/C=C\C/C=C\C/C=C\C/C=C\C/C=C\C/C=C\CCCC(=O)NC(CO)C(O)/C=C/CC/C=C/CCCCCCCCCCCCCCC. The molecule has 54 heavy (non-hydrogen) atoms. The summed E-state index contributed by atoms with van der Waals surface area (Å²) >= 11 is 0. The molecule has 0 heterocycles. The molecule has 2 atom stereocenters. The molecule has 0 radical (unpaired) electrons. The van der Waals surface area contributed by atoms with Crippen LogP contribution in [-0.2, 0) is 4.79 Å². The van der Waals surface area contributed by atoms with Crippen LogP contribution >= 0.6 is 0 Å². The number of carbonyl (C=O) groups excluding carboxylic acids is 1. The third-order valence-corrected chi connectivity index (χ3v) is 9.24. The minimum Gasteiger partial charge on any atom is -0.394 e. The smallest absolute Gasteiger partial charge is 0.220 e. The van der Waals surface area contributed by atoms with Crippen LogP contribution in [0.3, 0.4) is 0 Å². The summed E-state index contributed by atoms with van der Waals surface area (Å²) in [5, 5.41) is 22.9. The van der Waals surface area contributed by atoms with E-state index < -0.39 is 12.1 Å². The number of unbranched alkanes of at least 4 members (excludes halogenated alkanes) is 15. The highest BCUT2D eigenvalue weighted by atomic mass is 16.3. The second kappa shape index (κ2) is 44.4. The van der Waals surface area contributed by atoms with E-state index in [1.54, 1.807) is 6.08 Å². The van der Waals surface area contributed by atoms with Crippen molar-refractivity contribution in [1.82, 2.24) is 5.32 Å². The number of aliphatic hydroxyl groups excluding tert-OH is 2. The summed E-state index contributed by atoms with van der Waals surface area (Å²) in [7, 11) is 0. The predicted molar refractivity (Wildman–Crippen MR) is 239 cm³/mol. The van der Waals surface area contributed by atoms with E-state index in [4.69, 9.17) is 0 Å². The van der Waals surface area contributed by atoms with Gasteiger partial charge < -0.3 is 15.5 Å². The van der Waals surface area contributed by atoms with Crippen LogP contribution in [0.4, 0.5) is 0 Å². The molecule has 3 N–H and O–H groups in total. The Morgan fingerprint density at radius 2 is 0.833 bits per heavy atom. The number of allylic oxidation sites excluding steroid dienone is 17. The monoisotopic (exact) mass is 746 g/mol. The van der Waals surface area contributed by atoms with Crippen LogP contribution in [0.2, 0.25) is 0 Å².